The van der Waals surface area contributed by atoms with Crippen LogP contribution in [0.15, 0.2) is 18.3 Å². The van der Waals surface area contributed by atoms with E-state index in [0.717, 1.165) is 25.1 Å². The molecule has 1 aliphatic heterocycles. The van der Waals surface area contributed by atoms with Crippen LogP contribution in [0.1, 0.15) is 49.1 Å². The van der Waals surface area contributed by atoms with Gasteiger partial charge in [-0.25, -0.2) is 0 Å². The minimum Gasteiger partial charge on any atom is -0.396 e. The molecule has 1 aromatic heterocycles. The predicted molar refractivity (Wildman–Crippen MR) is 73.0 cm³/mol. The molecule has 1 saturated heterocycles. The molecule has 0 bridgehead atoms. The molecule has 4 nitrogen and oxygen atoms in total. The molecule has 1 atom stereocenters. The van der Waals surface area contributed by atoms with Crippen LogP contribution in [0, 0.1) is 5.41 Å². The Balaban J connectivity index is 1.77. The molecule has 1 aliphatic carbocycles. The van der Waals surface area contributed by atoms with E-state index >= 15 is 0 Å². The Hall–Kier alpha value is -1.29. The van der Waals surface area contributed by atoms with Crippen molar-refractivity contribution in [3.05, 3.63) is 24.0 Å². The third-order valence-corrected chi connectivity index (χ3v) is 4.39. The Morgan fingerprint density at radius 3 is 3.00 bits per heavy atom. The lowest BCUT2D eigenvalue weighted by Crippen LogP contribution is -2.46. The lowest BCUT2D eigenvalue weighted by molar-refractivity contribution is 0.0350. The summed E-state index contributed by atoms with van der Waals surface area (Å²) in [6.45, 7) is 3.69. The maximum Gasteiger partial charge on any atom is 0.270 e. The third-order valence-electron chi connectivity index (χ3n) is 4.39. The van der Waals surface area contributed by atoms with Crippen molar-refractivity contribution in [3.8, 4) is 0 Å². The summed E-state index contributed by atoms with van der Waals surface area (Å²) in [4.78, 5) is 14.6. The summed E-state index contributed by atoms with van der Waals surface area (Å²) in [6.07, 6.45) is 6.36. The molecule has 1 aromatic rings. The Kier molecular flexibility index (Phi) is 3.13. The molecule has 2 fully saturated rings. The van der Waals surface area contributed by atoms with Gasteiger partial charge in [0.15, 0.2) is 0 Å². The first-order valence-corrected chi connectivity index (χ1v) is 7.20. The van der Waals surface area contributed by atoms with Gasteiger partial charge in [-0.1, -0.05) is 6.92 Å². The number of aliphatic hydroxyl groups is 1. The van der Waals surface area contributed by atoms with Crippen molar-refractivity contribution >= 4 is 5.91 Å². The smallest absolute Gasteiger partial charge is 0.270 e. The number of piperidine rings is 1. The minimum absolute atomic E-state index is 0.122. The van der Waals surface area contributed by atoms with Gasteiger partial charge in [0.05, 0.1) is 6.61 Å². The Bertz CT molecular complexity index is 478. The normalized spacial score (nSPS) is 27.6. The third kappa shape index (κ3) is 2.41. The first kappa shape index (κ1) is 12.7. The summed E-state index contributed by atoms with van der Waals surface area (Å²) in [5.41, 5.74) is 0.676. The maximum absolute atomic E-state index is 12.6. The average Bonchev–Trinajstić information content (AvgIpc) is 3.15. The molecule has 104 valence electrons. The summed E-state index contributed by atoms with van der Waals surface area (Å²) >= 11 is 0. The van der Waals surface area contributed by atoms with Crippen molar-refractivity contribution in [1.29, 1.82) is 0 Å². The van der Waals surface area contributed by atoms with Crippen LogP contribution in [0.5, 0.6) is 0 Å². The summed E-state index contributed by atoms with van der Waals surface area (Å²) in [5, 5.41) is 9.49. The first-order chi connectivity index (χ1) is 9.13. The molecule has 1 amide bonds. The number of likely N-dealkylation sites (tertiary alicyclic amines) is 1. The number of amides is 1. The molecule has 0 aromatic carbocycles. The molecule has 0 radical (unpaired) electrons. The fraction of sp³-hybridized carbons (Fsp3) is 0.667. The van der Waals surface area contributed by atoms with Gasteiger partial charge in [0.25, 0.3) is 5.91 Å². The number of nitrogens with zero attached hydrogens (tertiary/aromatic N) is 2. The van der Waals surface area contributed by atoms with Gasteiger partial charge in [-0.2, -0.15) is 0 Å². The zero-order chi connectivity index (χ0) is 13.5. The van der Waals surface area contributed by atoms with Gasteiger partial charge in [-0.15, -0.1) is 0 Å². The lowest BCUT2D eigenvalue weighted by Gasteiger charge is -2.39. The SMILES string of the molecule is CC1(CO)CCCN(C(=O)c2cccn2C2CC2)C1. The van der Waals surface area contributed by atoms with Crippen LogP contribution in [0.4, 0.5) is 0 Å². The van der Waals surface area contributed by atoms with Gasteiger partial charge in [-0.05, 0) is 37.8 Å². The van der Waals surface area contributed by atoms with Crippen LogP contribution in [0.2, 0.25) is 0 Å². The summed E-state index contributed by atoms with van der Waals surface area (Å²) in [5.74, 6) is 0.122. The summed E-state index contributed by atoms with van der Waals surface area (Å²) < 4.78 is 2.12. The highest BCUT2D eigenvalue weighted by Gasteiger charge is 2.35. The minimum atomic E-state index is -0.134. The molecule has 0 spiro atoms. The highest BCUT2D eigenvalue weighted by atomic mass is 16.3. The molecule has 2 heterocycles. The van der Waals surface area contributed by atoms with Gasteiger partial charge >= 0.3 is 0 Å². The number of carbonyl (C=O) groups excluding carboxylic acids is 1. The standard InChI is InChI=1S/C15H22N2O2/c1-15(11-18)7-3-8-16(10-15)14(19)13-4-2-9-17(13)12-5-6-12/h2,4,9,12,18H,3,5-8,10-11H2,1H3. The second kappa shape index (κ2) is 4.67. The number of aliphatic hydroxyl groups excluding tert-OH is 1. The van der Waals surface area contributed by atoms with E-state index in [-0.39, 0.29) is 17.9 Å². The first-order valence-electron chi connectivity index (χ1n) is 7.20. The second-order valence-electron chi connectivity index (χ2n) is 6.33. The average molecular weight is 262 g/mol. The van der Waals surface area contributed by atoms with Crippen molar-refractivity contribution in [2.24, 2.45) is 5.41 Å². The van der Waals surface area contributed by atoms with E-state index < -0.39 is 0 Å². The molecule has 19 heavy (non-hydrogen) atoms. The van der Waals surface area contributed by atoms with Crippen LogP contribution >= 0.6 is 0 Å². The van der Waals surface area contributed by atoms with Crippen LogP contribution < -0.4 is 0 Å². The van der Waals surface area contributed by atoms with Crippen LogP contribution in [-0.4, -0.2) is 40.2 Å². The molecule has 1 unspecified atom stereocenters. The van der Waals surface area contributed by atoms with Gasteiger partial charge in [-0.3, -0.25) is 4.79 Å². The fourth-order valence-corrected chi connectivity index (χ4v) is 3.03. The van der Waals surface area contributed by atoms with Crippen molar-refractivity contribution < 1.29 is 9.90 Å². The maximum atomic E-state index is 12.6. The highest BCUT2D eigenvalue weighted by molar-refractivity contribution is 5.93. The number of aromatic nitrogens is 1. The topological polar surface area (TPSA) is 45.5 Å². The lowest BCUT2D eigenvalue weighted by atomic mass is 9.82. The van der Waals surface area contributed by atoms with Crippen LogP contribution in [0.25, 0.3) is 0 Å². The zero-order valence-electron chi connectivity index (χ0n) is 11.5. The zero-order valence-corrected chi connectivity index (χ0v) is 11.5. The van der Waals surface area contributed by atoms with Gasteiger partial charge in [0.2, 0.25) is 0 Å². The van der Waals surface area contributed by atoms with Crippen LogP contribution in [-0.2, 0) is 0 Å². The second-order valence-corrected chi connectivity index (χ2v) is 6.33. The largest absolute Gasteiger partial charge is 0.396 e. The van der Waals surface area contributed by atoms with Crippen molar-refractivity contribution in [2.75, 3.05) is 19.7 Å². The van der Waals surface area contributed by atoms with Gasteiger partial charge in [0, 0.05) is 30.7 Å². The highest BCUT2D eigenvalue weighted by Crippen LogP contribution is 2.37. The quantitative estimate of drug-likeness (QED) is 0.906. The summed E-state index contributed by atoms with van der Waals surface area (Å²) in [6, 6.07) is 4.41. The molecule has 1 N–H and O–H groups in total. The van der Waals surface area contributed by atoms with E-state index in [9.17, 15) is 9.90 Å². The number of hydrogen-bond acceptors (Lipinski definition) is 2. The van der Waals surface area contributed by atoms with E-state index in [1.165, 1.54) is 12.8 Å². The predicted octanol–water partition coefficient (Wildman–Crippen LogP) is 2.06. The Labute approximate surface area is 114 Å². The monoisotopic (exact) mass is 262 g/mol. The molecule has 3 rings (SSSR count). The van der Waals surface area contributed by atoms with E-state index in [0.29, 0.717) is 12.6 Å². The molecule has 1 saturated carbocycles. The number of carbonyl (C=O) groups is 1. The fourth-order valence-electron chi connectivity index (χ4n) is 3.03. The van der Waals surface area contributed by atoms with E-state index in [2.05, 4.69) is 11.5 Å². The Morgan fingerprint density at radius 2 is 2.32 bits per heavy atom. The van der Waals surface area contributed by atoms with Gasteiger partial charge in [0.1, 0.15) is 5.69 Å². The Morgan fingerprint density at radius 1 is 1.53 bits per heavy atom. The van der Waals surface area contributed by atoms with E-state index in [1.54, 1.807) is 0 Å². The molecular formula is C15H22N2O2. The molecule has 2 aliphatic rings. The number of rotatable bonds is 3. The van der Waals surface area contributed by atoms with E-state index in [4.69, 9.17) is 0 Å². The van der Waals surface area contributed by atoms with Crippen molar-refractivity contribution in [2.45, 2.75) is 38.6 Å². The van der Waals surface area contributed by atoms with Crippen molar-refractivity contribution in [3.63, 3.8) is 0 Å². The number of hydrogen-bond donors (Lipinski definition) is 1. The van der Waals surface area contributed by atoms with Crippen molar-refractivity contribution in [1.82, 2.24) is 9.47 Å². The molecule has 4 heteroatoms. The summed E-state index contributed by atoms with van der Waals surface area (Å²) in [7, 11) is 0. The van der Waals surface area contributed by atoms with E-state index in [1.807, 2.05) is 23.2 Å². The molecular weight excluding hydrogens is 240 g/mol. The van der Waals surface area contributed by atoms with Crippen LogP contribution in [0.3, 0.4) is 0 Å². The van der Waals surface area contributed by atoms with Gasteiger partial charge < -0.3 is 14.6 Å².